The second kappa shape index (κ2) is 5.20. The zero-order valence-electron chi connectivity index (χ0n) is 8.91. The van der Waals surface area contributed by atoms with E-state index in [1.54, 1.807) is 18.7 Å². The summed E-state index contributed by atoms with van der Waals surface area (Å²) in [7, 11) is 0. The van der Waals surface area contributed by atoms with Crippen LogP contribution in [0.3, 0.4) is 0 Å². The van der Waals surface area contributed by atoms with Gasteiger partial charge in [-0.25, -0.2) is 0 Å². The molecule has 0 aromatic heterocycles. The molecule has 0 fully saturated rings. The zero-order chi connectivity index (χ0) is 10.6. The third-order valence-electron chi connectivity index (χ3n) is 2.28. The second-order valence-corrected chi connectivity index (χ2v) is 4.65. The van der Waals surface area contributed by atoms with Crippen molar-refractivity contribution in [3.05, 3.63) is 29.8 Å². The molecule has 0 bridgehead atoms. The fraction of sp³-hybridized carbons (Fsp3) is 0.417. The monoisotopic (exact) mass is 208 g/mol. The highest BCUT2D eigenvalue weighted by atomic mass is 32.2. The predicted molar refractivity (Wildman–Crippen MR) is 61.7 cm³/mol. The van der Waals surface area contributed by atoms with Crippen molar-refractivity contribution in [2.45, 2.75) is 25.7 Å². The molecule has 0 saturated carbocycles. The number of ketones is 1. The Morgan fingerprint density at radius 1 is 1.43 bits per heavy atom. The van der Waals surface area contributed by atoms with Gasteiger partial charge in [-0.3, -0.25) is 4.79 Å². The van der Waals surface area contributed by atoms with Crippen LogP contribution in [0, 0.1) is 12.8 Å². The van der Waals surface area contributed by atoms with Crippen molar-refractivity contribution in [2.75, 3.05) is 5.75 Å². The van der Waals surface area contributed by atoms with Gasteiger partial charge in [0.2, 0.25) is 0 Å². The molecule has 14 heavy (non-hydrogen) atoms. The standard InChI is InChI=1S/C12H16OS/c1-9-6-4-5-7-12(9)14-8-10(2)11(3)13/h4-7,10H,8H2,1-3H3. The van der Waals surface area contributed by atoms with E-state index in [2.05, 4.69) is 19.1 Å². The first kappa shape index (κ1) is 11.3. The van der Waals surface area contributed by atoms with E-state index in [0.717, 1.165) is 5.75 Å². The summed E-state index contributed by atoms with van der Waals surface area (Å²) in [6, 6.07) is 8.27. The number of thioether (sulfide) groups is 1. The van der Waals surface area contributed by atoms with E-state index >= 15 is 0 Å². The highest BCUT2D eigenvalue weighted by Crippen LogP contribution is 2.24. The van der Waals surface area contributed by atoms with Gasteiger partial charge in [-0.2, -0.15) is 0 Å². The van der Waals surface area contributed by atoms with Gasteiger partial charge in [0.15, 0.2) is 0 Å². The van der Waals surface area contributed by atoms with E-state index in [1.807, 2.05) is 19.1 Å². The maximum atomic E-state index is 11.0. The predicted octanol–water partition coefficient (Wildman–Crippen LogP) is 3.31. The molecule has 1 aromatic rings. The molecule has 0 spiro atoms. The van der Waals surface area contributed by atoms with Crippen molar-refractivity contribution in [3.8, 4) is 0 Å². The van der Waals surface area contributed by atoms with Crippen LogP contribution in [0.25, 0.3) is 0 Å². The van der Waals surface area contributed by atoms with E-state index in [1.165, 1.54) is 10.5 Å². The molecule has 0 aliphatic rings. The van der Waals surface area contributed by atoms with Crippen molar-refractivity contribution < 1.29 is 4.79 Å². The molecule has 1 unspecified atom stereocenters. The van der Waals surface area contributed by atoms with Crippen molar-refractivity contribution >= 4 is 17.5 Å². The lowest BCUT2D eigenvalue weighted by atomic mass is 10.1. The molecule has 1 atom stereocenters. The van der Waals surface area contributed by atoms with Crippen LogP contribution in [0.5, 0.6) is 0 Å². The first-order chi connectivity index (χ1) is 6.61. The van der Waals surface area contributed by atoms with E-state index in [4.69, 9.17) is 0 Å². The first-order valence-corrected chi connectivity index (χ1v) is 5.78. The topological polar surface area (TPSA) is 17.1 Å². The molecule has 0 saturated heterocycles. The normalized spacial score (nSPS) is 12.5. The average Bonchev–Trinajstić information content (AvgIpc) is 2.16. The zero-order valence-corrected chi connectivity index (χ0v) is 9.73. The van der Waals surface area contributed by atoms with Crippen LogP contribution in [0.2, 0.25) is 0 Å². The SMILES string of the molecule is CC(=O)C(C)CSc1ccccc1C. The molecular weight excluding hydrogens is 192 g/mol. The molecule has 0 N–H and O–H groups in total. The van der Waals surface area contributed by atoms with Crippen LogP contribution in [-0.4, -0.2) is 11.5 Å². The molecule has 0 aliphatic carbocycles. The minimum absolute atomic E-state index is 0.152. The summed E-state index contributed by atoms with van der Waals surface area (Å²) in [6.07, 6.45) is 0. The lowest BCUT2D eigenvalue weighted by Crippen LogP contribution is -2.08. The summed E-state index contributed by atoms with van der Waals surface area (Å²) in [6.45, 7) is 5.73. The Kier molecular flexibility index (Phi) is 4.21. The molecule has 0 radical (unpaired) electrons. The minimum Gasteiger partial charge on any atom is -0.300 e. The van der Waals surface area contributed by atoms with E-state index in [0.29, 0.717) is 0 Å². The molecular formula is C12H16OS. The number of hydrogen-bond acceptors (Lipinski definition) is 2. The number of carbonyl (C=O) groups excluding carboxylic acids is 1. The van der Waals surface area contributed by atoms with Gasteiger partial charge in [0, 0.05) is 16.6 Å². The largest absolute Gasteiger partial charge is 0.300 e. The van der Waals surface area contributed by atoms with Gasteiger partial charge >= 0.3 is 0 Å². The van der Waals surface area contributed by atoms with Crippen LogP contribution in [0.1, 0.15) is 19.4 Å². The maximum Gasteiger partial charge on any atom is 0.133 e. The summed E-state index contributed by atoms with van der Waals surface area (Å²) in [5.41, 5.74) is 1.29. The molecule has 0 amide bonds. The number of rotatable bonds is 4. The molecule has 1 nitrogen and oxygen atoms in total. The van der Waals surface area contributed by atoms with Gasteiger partial charge in [-0.05, 0) is 25.5 Å². The number of carbonyl (C=O) groups is 1. The Hall–Kier alpha value is -0.760. The highest BCUT2D eigenvalue weighted by molar-refractivity contribution is 7.99. The van der Waals surface area contributed by atoms with Crippen molar-refractivity contribution in [3.63, 3.8) is 0 Å². The summed E-state index contributed by atoms with van der Waals surface area (Å²) < 4.78 is 0. The lowest BCUT2D eigenvalue weighted by Gasteiger charge is -2.08. The molecule has 0 heterocycles. The molecule has 1 aromatic carbocycles. The summed E-state index contributed by atoms with van der Waals surface area (Å²) >= 11 is 1.76. The van der Waals surface area contributed by atoms with Crippen LogP contribution < -0.4 is 0 Å². The highest BCUT2D eigenvalue weighted by Gasteiger charge is 2.08. The molecule has 2 heteroatoms. The van der Waals surface area contributed by atoms with E-state index in [9.17, 15) is 4.79 Å². The lowest BCUT2D eigenvalue weighted by molar-refractivity contribution is -0.119. The average molecular weight is 208 g/mol. The van der Waals surface area contributed by atoms with Gasteiger partial charge in [-0.15, -0.1) is 11.8 Å². The second-order valence-electron chi connectivity index (χ2n) is 3.59. The van der Waals surface area contributed by atoms with Gasteiger partial charge in [-0.1, -0.05) is 25.1 Å². The maximum absolute atomic E-state index is 11.0. The molecule has 1 rings (SSSR count). The number of aryl methyl sites for hydroxylation is 1. The number of benzene rings is 1. The Morgan fingerprint density at radius 2 is 2.07 bits per heavy atom. The first-order valence-electron chi connectivity index (χ1n) is 4.80. The van der Waals surface area contributed by atoms with E-state index < -0.39 is 0 Å². The fourth-order valence-electron chi connectivity index (χ4n) is 1.05. The van der Waals surface area contributed by atoms with Crippen molar-refractivity contribution in [1.29, 1.82) is 0 Å². The molecule has 76 valence electrons. The van der Waals surface area contributed by atoms with Crippen LogP contribution in [-0.2, 0) is 4.79 Å². The smallest absolute Gasteiger partial charge is 0.133 e. The Balaban J connectivity index is 2.54. The van der Waals surface area contributed by atoms with Gasteiger partial charge in [0.05, 0.1) is 0 Å². The quantitative estimate of drug-likeness (QED) is 0.706. The third-order valence-corrected chi connectivity index (χ3v) is 3.71. The Morgan fingerprint density at radius 3 is 2.64 bits per heavy atom. The van der Waals surface area contributed by atoms with Crippen LogP contribution in [0.4, 0.5) is 0 Å². The number of hydrogen-bond donors (Lipinski definition) is 0. The van der Waals surface area contributed by atoms with Gasteiger partial charge < -0.3 is 0 Å². The van der Waals surface area contributed by atoms with Crippen molar-refractivity contribution in [2.24, 2.45) is 5.92 Å². The Labute approximate surface area is 89.9 Å². The third kappa shape index (κ3) is 3.18. The van der Waals surface area contributed by atoms with E-state index in [-0.39, 0.29) is 11.7 Å². The van der Waals surface area contributed by atoms with Crippen LogP contribution in [0.15, 0.2) is 29.2 Å². The molecule has 0 aliphatic heterocycles. The fourth-order valence-corrected chi connectivity index (χ4v) is 2.19. The van der Waals surface area contributed by atoms with Crippen molar-refractivity contribution in [1.82, 2.24) is 0 Å². The summed E-state index contributed by atoms with van der Waals surface area (Å²) in [5.74, 6) is 1.30. The summed E-state index contributed by atoms with van der Waals surface area (Å²) in [4.78, 5) is 12.3. The van der Waals surface area contributed by atoms with Gasteiger partial charge in [0.25, 0.3) is 0 Å². The Bertz CT molecular complexity index is 320. The van der Waals surface area contributed by atoms with Crippen LogP contribution >= 0.6 is 11.8 Å². The summed E-state index contributed by atoms with van der Waals surface area (Å²) in [5, 5.41) is 0. The minimum atomic E-state index is 0.152. The number of Topliss-reactive ketones (excluding diaryl/α,β-unsaturated/α-hetero) is 1. The van der Waals surface area contributed by atoms with Gasteiger partial charge in [0.1, 0.15) is 5.78 Å².